The van der Waals surface area contributed by atoms with Gasteiger partial charge in [-0.2, -0.15) is 0 Å². The zero-order valence-corrected chi connectivity index (χ0v) is 16.6. The van der Waals surface area contributed by atoms with Gasteiger partial charge in [0.25, 0.3) is 0 Å². The summed E-state index contributed by atoms with van der Waals surface area (Å²) in [6, 6.07) is 11.9. The largest absolute Gasteiger partial charge is 0.423 e. The summed E-state index contributed by atoms with van der Waals surface area (Å²) >= 11 is 0. The van der Waals surface area contributed by atoms with Crippen LogP contribution in [-0.2, 0) is 13.0 Å². The number of pyridine rings is 1. The molecule has 5 nitrogen and oxygen atoms in total. The number of fused-ring (bicyclic) bond motifs is 1. The van der Waals surface area contributed by atoms with Crippen LogP contribution in [0.3, 0.4) is 0 Å². The minimum Gasteiger partial charge on any atom is -0.423 e. The maximum atomic E-state index is 12.0. The van der Waals surface area contributed by atoms with Crippen molar-refractivity contribution in [3.63, 3.8) is 0 Å². The number of aryl methyl sites for hydroxylation is 2. The zero-order valence-electron chi connectivity index (χ0n) is 16.6. The summed E-state index contributed by atoms with van der Waals surface area (Å²) < 4.78 is 5.43. The van der Waals surface area contributed by atoms with Crippen LogP contribution in [-0.4, -0.2) is 47.5 Å². The molecule has 146 valence electrons. The molecule has 3 heterocycles. The van der Waals surface area contributed by atoms with Gasteiger partial charge in [0.15, 0.2) is 0 Å². The minimum absolute atomic E-state index is 0.264. The number of hydrogen-bond donors (Lipinski definition) is 0. The molecule has 4 rings (SSSR count). The van der Waals surface area contributed by atoms with Gasteiger partial charge in [0.05, 0.1) is 0 Å². The summed E-state index contributed by atoms with van der Waals surface area (Å²) in [6.45, 7) is 10.1. The number of piperazine rings is 1. The van der Waals surface area contributed by atoms with Crippen LogP contribution < -0.4 is 5.63 Å². The first-order valence-corrected chi connectivity index (χ1v) is 9.97. The van der Waals surface area contributed by atoms with E-state index in [9.17, 15) is 4.79 Å². The van der Waals surface area contributed by atoms with E-state index >= 15 is 0 Å². The number of hydrogen-bond acceptors (Lipinski definition) is 5. The second kappa shape index (κ2) is 8.25. The average molecular weight is 377 g/mol. The van der Waals surface area contributed by atoms with Crippen molar-refractivity contribution in [3.05, 3.63) is 75.4 Å². The fraction of sp³-hybridized carbons (Fsp3) is 0.391. The Labute approximate surface area is 165 Å². The highest BCUT2D eigenvalue weighted by molar-refractivity contribution is 5.81. The summed E-state index contributed by atoms with van der Waals surface area (Å²) in [5.74, 6) is 0. The van der Waals surface area contributed by atoms with Crippen LogP contribution in [0.15, 0.2) is 51.8 Å². The van der Waals surface area contributed by atoms with Gasteiger partial charge in [0.1, 0.15) is 5.58 Å². The van der Waals surface area contributed by atoms with E-state index in [2.05, 4.69) is 33.8 Å². The van der Waals surface area contributed by atoms with Crippen LogP contribution in [0.4, 0.5) is 0 Å². The molecule has 0 unspecified atom stereocenters. The van der Waals surface area contributed by atoms with Gasteiger partial charge in [-0.3, -0.25) is 9.88 Å². The van der Waals surface area contributed by atoms with Gasteiger partial charge in [-0.15, -0.1) is 0 Å². The van der Waals surface area contributed by atoms with Crippen molar-refractivity contribution in [2.24, 2.45) is 0 Å². The lowest BCUT2D eigenvalue weighted by Gasteiger charge is -2.34. The van der Waals surface area contributed by atoms with E-state index in [-0.39, 0.29) is 5.63 Å². The quantitative estimate of drug-likeness (QED) is 0.639. The molecule has 28 heavy (non-hydrogen) atoms. The second-order valence-corrected chi connectivity index (χ2v) is 7.71. The minimum atomic E-state index is -0.264. The second-order valence-electron chi connectivity index (χ2n) is 7.71. The lowest BCUT2D eigenvalue weighted by Crippen LogP contribution is -2.46. The first kappa shape index (κ1) is 18.8. The summed E-state index contributed by atoms with van der Waals surface area (Å²) in [4.78, 5) is 21.4. The Morgan fingerprint density at radius 2 is 1.75 bits per heavy atom. The molecule has 1 saturated heterocycles. The fourth-order valence-electron chi connectivity index (χ4n) is 3.84. The number of rotatable bonds is 5. The third-order valence-corrected chi connectivity index (χ3v) is 5.71. The van der Waals surface area contributed by atoms with Gasteiger partial charge in [0, 0.05) is 69.0 Å². The summed E-state index contributed by atoms with van der Waals surface area (Å²) in [5.41, 5.74) is 5.02. The Hall–Kier alpha value is -2.50. The van der Waals surface area contributed by atoms with Gasteiger partial charge < -0.3 is 9.32 Å². The zero-order chi connectivity index (χ0) is 19.5. The Morgan fingerprint density at radius 1 is 1.00 bits per heavy atom. The molecule has 0 bridgehead atoms. The molecule has 0 saturated carbocycles. The molecular weight excluding hydrogens is 350 g/mol. The van der Waals surface area contributed by atoms with Crippen molar-refractivity contribution in [1.82, 2.24) is 14.8 Å². The van der Waals surface area contributed by atoms with E-state index in [1.54, 1.807) is 6.07 Å². The van der Waals surface area contributed by atoms with Crippen LogP contribution in [0.25, 0.3) is 11.0 Å². The van der Waals surface area contributed by atoms with Crippen LogP contribution in [0.5, 0.6) is 0 Å². The van der Waals surface area contributed by atoms with E-state index in [1.165, 1.54) is 5.56 Å². The van der Waals surface area contributed by atoms with E-state index in [1.807, 2.05) is 31.3 Å². The smallest absolute Gasteiger partial charge is 0.336 e. The molecule has 0 atom stereocenters. The van der Waals surface area contributed by atoms with Crippen molar-refractivity contribution < 1.29 is 4.42 Å². The molecule has 1 aromatic carbocycles. The van der Waals surface area contributed by atoms with E-state index < -0.39 is 0 Å². The highest BCUT2D eigenvalue weighted by atomic mass is 16.4. The predicted molar refractivity (Wildman–Crippen MR) is 112 cm³/mol. The molecule has 3 aromatic rings. The molecule has 1 aliphatic heterocycles. The maximum absolute atomic E-state index is 12.0. The SMILES string of the molecule is Cc1cc2oc(=O)cc(CN3CCN(CCc4ccccn4)CC3)c2cc1C. The average Bonchev–Trinajstić information content (AvgIpc) is 2.70. The molecular formula is C23H27N3O2. The van der Waals surface area contributed by atoms with E-state index in [0.29, 0.717) is 5.58 Å². The Morgan fingerprint density at radius 3 is 2.50 bits per heavy atom. The third-order valence-electron chi connectivity index (χ3n) is 5.71. The summed E-state index contributed by atoms with van der Waals surface area (Å²) in [5, 5.41) is 1.06. The van der Waals surface area contributed by atoms with Crippen molar-refractivity contribution in [3.8, 4) is 0 Å². The van der Waals surface area contributed by atoms with Crippen molar-refractivity contribution in [2.75, 3.05) is 32.7 Å². The Kier molecular flexibility index (Phi) is 5.55. The Bertz CT molecular complexity index is 1010. The molecule has 0 amide bonds. The number of aromatic nitrogens is 1. The molecule has 0 spiro atoms. The monoisotopic (exact) mass is 377 g/mol. The number of benzene rings is 1. The van der Waals surface area contributed by atoms with Crippen LogP contribution in [0, 0.1) is 13.8 Å². The normalized spacial score (nSPS) is 15.9. The highest BCUT2D eigenvalue weighted by Crippen LogP contribution is 2.23. The van der Waals surface area contributed by atoms with Gasteiger partial charge in [0.2, 0.25) is 0 Å². The lowest BCUT2D eigenvalue weighted by atomic mass is 10.0. The third kappa shape index (κ3) is 4.32. The van der Waals surface area contributed by atoms with Crippen LogP contribution in [0.1, 0.15) is 22.4 Å². The van der Waals surface area contributed by atoms with Crippen LogP contribution >= 0.6 is 0 Å². The first-order chi connectivity index (χ1) is 13.6. The van der Waals surface area contributed by atoms with Gasteiger partial charge in [-0.25, -0.2) is 4.79 Å². The Balaban J connectivity index is 1.40. The summed E-state index contributed by atoms with van der Waals surface area (Å²) in [6.07, 6.45) is 2.85. The molecule has 0 radical (unpaired) electrons. The maximum Gasteiger partial charge on any atom is 0.336 e. The number of nitrogens with zero attached hydrogens (tertiary/aromatic N) is 3. The molecule has 1 aliphatic rings. The van der Waals surface area contributed by atoms with Crippen molar-refractivity contribution >= 4 is 11.0 Å². The summed E-state index contributed by atoms with van der Waals surface area (Å²) in [7, 11) is 0. The van der Waals surface area contributed by atoms with Gasteiger partial charge >= 0.3 is 5.63 Å². The van der Waals surface area contributed by atoms with Crippen molar-refractivity contribution in [2.45, 2.75) is 26.8 Å². The standard InChI is InChI=1S/C23H27N3O2/c1-17-13-21-19(15-23(27)28-22(21)14-18(17)2)16-26-11-9-25(10-12-26)8-6-20-5-3-4-7-24-20/h3-5,7,13-15H,6,8-12,16H2,1-2H3. The van der Waals surface area contributed by atoms with Gasteiger partial charge in [-0.05, 0) is 54.8 Å². The predicted octanol–water partition coefficient (Wildman–Crippen LogP) is 3.17. The topological polar surface area (TPSA) is 49.6 Å². The molecule has 0 N–H and O–H groups in total. The van der Waals surface area contributed by atoms with Gasteiger partial charge in [-0.1, -0.05) is 6.07 Å². The molecule has 5 heteroatoms. The molecule has 1 fully saturated rings. The first-order valence-electron chi connectivity index (χ1n) is 9.97. The fourth-order valence-corrected chi connectivity index (χ4v) is 3.84. The molecule has 2 aromatic heterocycles. The van der Waals surface area contributed by atoms with Crippen LogP contribution in [0.2, 0.25) is 0 Å². The van der Waals surface area contributed by atoms with Crippen molar-refractivity contribution in [1.29, 1.82) is 0 Å². The van der Waals surface area contributed by atoms with E-state index in [4.69, 9.17) is 4.42 Å². The highest BCUT2D eigenvalue weighted by Gasteiger charge is 2.18. The lowest BCUT2D eigenvalue weighted by molar-refractivity contribution is 0.128. The van der Waals surface area contributed by atoms with E-state index in [0.717, 1.165) is 67.9 Å². The molecule has 0 aliphatic carbocycles.